The van der Waals surface area contributed by atoms with E-state index in [1.54, 1.807) is 12.1 Å². The van der Waals surface area contributed by atoms with Crippen LogP contribution in [-0.4, -0.2) is 12.6 Å². The van der Waals surface area contributed by atoms with Gasteiger partial charge in [0.25, 0.3) is 0 Å². The molecule has 0 bridgehead atoms. The van der Waals surface area contributed by atoms with Gasteiger partial charge in [0.15, 0.2) is 0 Å². The maximum atomic E-state index is 11.7. The summed E-state index contributed by atoms with van der Waals surface area (Å²) in [5.74, 6) is 5.88. The molecule has 0 atom stereocenters. The normalized spacial score (nSPS) is 20.7. The number of esters is 1. The van der Waals surface area contributed by atoms with E-state index in [0.29, 0.717) is 6.61 Å². The van der Waals surface area contributed by atoms with Gasteiger partial charge in [0.1, 0.15) is 0 Å². The Balaban J connectivity index is 1.93. The predicted octanol–water partition coefficient (Wildman–Crippen LogP) is 3.40. The SMILES string of the molecule is C[C]1[C](C)[C](C)[C](COC(=O)c2ccco2)[C]1C. The van der Waals surface area contributed by atoms with Crippen LogP contribution in [0.1, 0.15) is 38.2 Å². The molecule has 2 rings (SSSR count). The van der Waals surface area contributed by atoms with Crippen LogP contribution in [0.3, 0.4) is 0 Å². The summed E-state index contributed by atoms with van der Waals surface area (Å²) in [6.07, 6.45) is 1.46. The first-order valence-corrected chi connectivity index (χ1v) is 5.95. The lowest BCUT2D eigenvalue weighted by atomic mass is 9.90. The van der Waals surface area contributed by atoms with E-state index < -0.39 is 5.97 Å². The van der Waals surface area contributed by atoms with Crippen LogP contribution in [0.2, 0.25) is 0 Å². The molecular formula is C15H17O3. The van der Waals surface area contributed by atoms with Crippen molar-refractivity contribution in [2.75, 3.05) is 6.61 Å². The lowest BCUT2D eigenvalue weighted by molar-refractivity contribution is 0.0487. The van der Waals surface area contributed by atoms with Gasteiger partial charge in [0.05, 0.1) is 12.9 Å². The molecule has 1 aromatic heterocycles. The topological polar surface area (TPSA) is 39.4 Å². The third-order valence-electron chi connectivity index (χ3n) is 3.66. The number of furan rings is 1. The Bertz CT molecular complexity index is 382. The van der Waals surface area contributed by atoms with Crippen molar-refractivity contribution in [2.24, 2.45) is 0 Å². The van der Waals surface area contributed by atoms with Gasteiger partial charge in [0.2, 0.25) is 5.76 Å². The summed E-state index contributed by atoms with van der Waals surface area (Å²) < 4.78 is 10.3. The summed E-state index contributed by atoms with van der Waals surface area (Å²) in [6.45, 7) is 8.60. The van der Waals surface area contributed by atoms with Crippen LogP contribution in [0.5, 0.6) is 0 Å². The molecule has 0 unspecified atom stereocenters. The average molecular weight is 245 g/mol. The predicted molar refractivity (Wildman–Crippen MR) is 67.9 cm³/mol. The first kappa shape index (κ1) is 13.2. The van der Waals surface area contributed by atoms with Gasteiger partial charge >= 0.3 is 5.97 Å². The van der Waals surface area contributed by atoms with Crippen molar-refractivity contribution < 1.29 is 13.9 Å². The molecule has 1 aliphatic rings. The summed E-state index contributed by atoms with van der Waals surface area (Å²) in [6, 6.07) is 3.27. The standard InChI is InChI=1S/C15H17O3/c1-9-10(2)12(4)13(11(9)3)8-18-15(16)14-6-5-7-17-14/h5-7H,8H2,1-4H3. The fourth-order valence-corrected chi connectivity index (χ4v) is 2.12. The second kappa shape index (κ2) is 5.17. The molecule has 1 saturated carbocycles. The van der Waals surface area contributed by atoms with Crippen molar-refractivity contribution in [1.82, 2.24) is 0 Å². The highest BCUT2D eigenvalue weighted by molar-refractivity contribution is 5.86. The van der Waals surface area contributed by atoms with Crippen molar-refractivity contribution in [3.05, 3.63) is 53.7 Å². The van der Waals surface area contributed by atoms with Crippen LogP contribution >= 0.6 is 0 Å². The summed E-state index contributed by atoms with van der Waals surface area (Å²) in [5.41, 5.74) is 0. The van der Waals surface area contributed by atoms with Crippen LogP contribution in [0.25, 0.3) is 0 Å². The summed E-state index contributed by atoms with van der Waals surface area (Å²) in [7, 11) is 0. The number of ether oxygens (including phenoxy) is 1. The Hall–Kier alpha value is -1.25. The van der Waals surface area contributed by atoms with E-state index in [4.69, 9.17) is 9.15 Å². The Morgan fingerprint density at radius 1 is 1.11 bits per heavy atom. The smallest absolute Gasteiger partial charge is 0.374 e. The molecule has 3 nitrogen and oxygen atoms in total. The molecular weight excluding hydrogens is 228 g/mol. The van der Waals surface area contributed by atoms with E-state index in [0.717, 1.165) is 5.92 Å². The van der Waals surface area contributed by atoms with E-state index in [2.05, 4.69) is 27.7 Å². The monoisotopic (exact) mass is 245 g/mol. The van der Waals surface area contributed by atoms with Gasteiger partial charge < -0.3 is 9.15 Å². The number of hydrogen-bond acceptors (Lipinski definition) is 3. The third kappa shape index (κ3) is 2.31. The molecule has 0 aliphatic heterocycles. The van der Waals surface area contributed by atoms with Gasteiger partial charge in [0, 0.05) is 5.92 Å². The molecule has 1 heterocycles. The zero-order valence-electron chi connectivity index (χ0n) is 11.2. The zero-order valence-corrected chi connectivity index (χ0v) is 11.2. The van der Waals surface area contributed by atoms with Crippen LogP contribution in [0.15, 0.2) is 22.8 Å². The molecule has 0 N–H and O–H groups in total. The van der Waals surface area contributed by atoms with Crippen molar-refractivity contribution in [2.45, 2.75) is 27.7 Å². The molecule has 1 aromatic rings. The summed E-state index contributed by atoms with van der Waals surface area (Å²) in [4.78, 5) is 11.7. The first-order chi connectivity index (χ1) is 8.52. The second-order valence-electron chi connectivity index (χ2n) is 4.53. The van der Waals surface area contributed by atoms with Gasteiger partial charge in [-0.05, 0) is 35.8 Å². The number of carbonyl (C=O) groups excluding carboxylic acids is 1. The summed E-state index contributed by atoms with van der Waals surface area (Å²) in [5, 5.41) is 0. The zero-order chi connectivity index (χ0) is 13.3. The third-order valence-corrected chi connectivity index (χ3v) is 3.66. The molecule has 0 amide bonds. The Morgan fingerprint density at radius 2 is 1.72 bits per heavy atom. The fourth-order valence-electron chi connectivity index (χ4n) is 2.12. The van der Waals surface area contributed by atoms with Crippen LogP contribution in [0.4, 0.5) is 0 Å². The van der Waals surface area contributed by atoms with Crippen LogP contribution in [0, 0.1) is 29.6 Å². The van der Waals surface area contributed by atoms with Crippen molar-refractivity contribution >= 4 is 5.97 Å². The Kier molecular flexibility index (Phi) is 3.79. The highest BCUT2D eigenvalue weighted by atomic mass is 16.5. The molecule has 3 heteroatoms. The lowest BCUT2D eigenvalue weighted by Crippen LogP contribution is -2.17. The Labute approximate surface area is 109 Å². The van der Waals surface area contributed by atoms with Gasteiger partial charge in [-0.2, -0.15) is 0 Å². The Morgan fingerprint density at radius 3 is 2.22 bits per heavy atom. The largest absolute Gasteiger partial charge is 0.459 e. The van der Waals surface area contributed by atoms with Crippen LogP contribution in [-0.2, 0) is 4.74 Å². The van der Waals surface area contributed by atoms with Gasteiger partial charge in [-0.15, -0.1) is 0 Å². The molecule has 95 valence electrons. The highest BCUT2D eigenvalue weighted by Gasteiger charge is 2.44. The van der Waals surface area contributed by atoms with Crippen molar-refractivity contribution in [3.8, 4) is 0 Å². The minimum Gasteiger partial charge on any atom is -0.459 e. The number of rotatable bonds is 3. The van der Waals surface area contributed by atoms with E-state index in [9.17, 15) is 4.79 Å². The minimum absolute atomic E-state index is 0.241. The lowest BCUT2D eigenvalue weighted by Gasteiger charge is -2.18. The van der Waals surface area contributed by atoms with Gasteiger partial charge in [-0.3, -0.25) is 0 Å². The average Bonchev–Trinajstić information content (AvgIpc) is 2.94. The molecule has 1 aliphatic carbocycles. The molecule has 0 aromatic carbocycles. The maximum Gasteiger partial charge on any atom is 0.374 e. The quantitative estimate of drug-likeness (QED) is 0.766. The molecule has 0 saturated heterocycles. The van der Waals surface area contributed by atoms with Crippen molar-refractivity contribution in [1.29, 1.82) is 0 Å². The van der Waals surface area contributed by atoms with Crippen LogP contribution < -0.4 is 0 Å². The highest BCUT2D eigenvalue weighted by Crippen LogP contribution is 2.52. The number of carbonyl (C=O) groups is 1. The summed E-state index contributed by atoms with van der Waals surface area (Å²) >= 11 is 0. The molecule has 1 fully saturated rings. The van der Waals surface area contributed by atoms with E-state index in [-0.39, 0.29) is 5.76 Å². The molecule has 0 spiro atoms. The molecule has 5 radical (unpaired) electrons. The van der Waals surface area contributed by atoms with E-state index in [1.807, 2.05) is 0 Å². The van der Waals surface area contributed by atoms with Crippen molar-refractivity contribution in [3.63, 3.8) is 0 Å². The molecule has 18 heavy (non-hydrogen) atoms. The van der Waals surface area contributed by atoms with E-state index in [1.165, 1.54) is 29.9 Å². The fraction of sp³-hybridized carbons (Fsp3) is 0.333. The maximum absolute atomic E-state index is 11.7. The number of hydrogen-bond donors (Lipinski definition) is 0. The minimum atomic E-state index is -0.421. The van der Waals surface area contributed by atoms with Gasteiger partial charge in [-0.1, -0.05) is 27.7 Å². The van der Waals surface area contributed by atoms with Gasteiger partial charge in [-0.25, -0.2) is 4.79 Å². The second-order valence-corrected chi connectivity index (χ2v) is 4.53. The van der Waals surface area contributed by atoms with E-state index >= 15 is 0 Å². The first-order valence-electron chi connectivity index (χ1n) is 5.95.